The smallest absolute Gasteiger partial charge is 0.324 e. The summed E-state index contributed by atoms with van der Waals surface area (Å²) in [6.07, 6.45) is 0. The van der Waals surface area contributed by atoms with E-state index in [0.29, 0.717) is 28.8 Å². The number of hydrogen-bond donors (Lipinski definition) is 1. The SMILES string of the molecule is Cc1c(Cl)cccc1NC(=O)CN1CCN(c2ccc(Cl)cc2)C1=O. The summed E-state index contributed by atoms with van der Waals surface area (Å²) in [6, 6.07) is 12.2. The molecule has 2 aromatic rings. The van der Waals surface area contributed by atoms with Crippen LogP contribution in [0.15, 0.2) is 42.5 Å². The number of carbonyl (C=O) groups excluding carboxylic acids is 2. The largest absolute Gasteiger partial charge is 0.325 e. The van der Waals surface area contributed by atoms with Crippen LogP contribution in [-0.4, -0.2) is 36.5 Å². The van der Waals surface area contributed by atoms with Crippen molar-refractivity contribution in [2.24, 2.45) is 0 Å². The minimum atomic E-state index is -0.253. The fourth-order valence-electron chi connectivity index (χ4n) is 2.70. The fourth-order valence-corrected chi connectivity index (χ4v) is 3.00. The van der Waals surface area contributed by atoms with E-state index in [0.717, 1.165) is 11.3 Å². The van der Waals surface area contributed by atoms with Crippen LogP contribution in [0.5, 0.6) is 0 Å². The zero-order chi connectivity index (χ0) is 18.0. The Kier molecular flexibility index (Phi) is 5.16. The molecule has 0 spiro atoms. The lowest BCUT2D eigenvalue weighted by atomic mass is 10.2. The molecule has 7 heteroatoms. The number of hydrogen-bond acceptors (Lipinski definition) is 2. The Morgan fingerprint density at radius 2 is 1.84 bits per heavy atom. The van der Waals surface area contributed by atoms with Gasteiger partial charge in [-0.3, -0.25) is 9.69 Å². The summed E-state index contributed by atoms with van der Waals surface area (Å²) in [6.45, 7) is 2.85. The van der Waals surface area contributed by atoms with E-state index in [4.69, 9.17) is 23.2 Å². The average molecular weight is 378 g/mol. The summed E-state index contributed by atoms with van der Waals surface area (Å²) < 4.78 is 0. The van der Waals surface area contributed by atoms with E-state index >= 15 is 0 Å². The van der Waals surface area contributed by atoms with Crippen LogP contribution in [-0.2, 0) is 4.79 Å². The number of carbonyl (C=O) groups is 2. The summed E-state index contributed by atoms with van der Waals surface area (Å²) in [4.78, 5) is 27.9. The minimum absolute atomic E-state index is 0.00508. The molecule has 0 aromatic heterocycles. The number of benzene rings is 2. The van der Waals surface area contributed by atoms with Gasteiger partial charge in [-0.05, 0) is 48.9 Å². The highest BCUT2D eigenvalue weighted by Crippen LogP contribution is 2.24. The Bertz CT molecular complexity index is 808. The quantitative estimate of drug-likeness (QED) is 0.868. The molecule has 5 nitrogen and oxygen atoms in total. The molecule has 0 saturated carbocycles. The third-order valence-electron chi connectivity index (χ3n) is 4.11. The maximum Gasteiger partial charge on any atom is 0.325 e. The molecule has 1 saturated heterocycles. The Hall–Kier alpha value is -2.24. The van der Waals surface area contributed by atoms with Gasteiger partial charge in [0.1, 0.15) is 6.54 Å². The van der Waals surface area contributed by atoms with Gasteiger partial charge in [0.15, 0.2) is 0 Å². The number of amides is 3. The minimum Gasteiger partial charge on any atom is -0.324 e. The number of anilines is 2. The first-order valence-corrected chi connectivity index (χ1v) is 8.58. The number of halogens is 2. The molecule has 1 fully saturated rings. The third-order valence-corrected chi connectivity index (χ3v) is 4.77. The van der Waals surface area contributed by atoms with Gasteiger partial charge in [-0.25, -0.2) is 4.79 Å². The molecule has 25 heavy (non-hydrogen) atoms. The van der Waals surface area contributed by atoms with Gasteiger partial charge in [-0.1, -0.05) is 29.3 Å². The molecule has 0 aliphatic carbocycles. The van der Waals surface area contributed by atoms with Gasteiger partial charge in [0, 0.05) is 34.5 Å². The summed E-state index contributed by atoms with van der Waals surface area (Å²) in [7, 11) is 0. The van der Waals surface area contributed by atoms with Crippen molar-refractivity contribution in [2.75, 3.05) is 29.9 Å². The van der Waals surface area contributed by atoms with E-state index in [1.54, 1.807) is 47.4 Å². The third kappa shape index (κ3) is 3.89. The number of nitrogens with zero attached hydrogens (tertiary/aromatic N) is 2. The second-order valence-corrected chi connectivity index (χ2v) is 6.64. The van der Waals surface area contributed by atoms with Crippen LogP contribution in [0.2, 0.25) is 10.0 Å². The highest BCUT2D eigenvalue weighted by atomic mass is 35.5. The van der Waals surface area contributed by atoms with Gasteiger partial charge >= 0.3 is 6.03 Å². The van der Waals surface area contributed by atoms with Crippen molar-refractivity contribution < 1.29 is 9.59 Å². The monoisotopic (exact) mass is 377 g/mol. The highest BCUT2D eigenvalue weighted by Gasteiger charge is 2.30. The number of urea groups is 1. The first kappa shape index (κ1) is 17.6. The molecule has 0 radical (unpaired) electrons. The van der Waals surface area contributed by atoms with Crippen molar-refractivity contribution in [3.8, 4) is 0 Å². The molecular weight excluding hydrogens is 361 g/mol. The van der Waals surface area contributed by atoms with E-state index in [1.165, 1.54) is 4.90 Å². The van der Waals surface area contributed by atoms with E-state index < -0.39 is 0 Å². The number of nitrogens with one attached hydrogen (secondary N) is 1. The van der Waals surface area contributed by atoms with E-state index in [-0.39, 0.29) is 18.5 Å². The van der Waals surface area contributed by atoms with Crippen LogP contribution in [0.1, 0.15) is 5.56 Å². The second kappa shape index (κ2) is 7.33. The molecule has 1 aliphatic rings. The summed E-state index contributed by atoms with van der Waals surface area (Å²) in [5, 5.41) is 4.01. The fraction of sp³-hybridized carbons (Fsp3) is 0.222. The zero-order valence-electron chi connectivity index (χ0n) is 13.6. The maximum absolute atomic E-state index is 12.5. The van der Waals surface area contributed by atoms with Crippen molar-refractivity contribution >= 4 is 46.5 Å². The summed E-state index contributed by atoms with van der Waals surface area (Å²) >= 11 is 11.9. The predicted octanol–water partition coefficient (Wildman–Crippen LogP) is 4.18. The second-order valence-electron chi connectivity index (χ2n) is 5.79. The first-order valence-electron chi connectivity index (χ1n) is 7.82. The Balaban J connectivity index is 1.63. The lowest BCUT2D eigenvalue weighted by Crippen LogP contribution is -2.37. The molecule has 0 unspecified atom stereocenters. The molecule has 1 N–H and O–H groups in total. The molecule has 1 aliphatic heterocycles. The Morgan fingerprint density at radius 3 is 2.56 bits per heavy atom. The van der Waals surface area contributed by atoms with Crippen molar-refractivity contribution in [3.63, 3.8) is 0 Å². The van der Waals surface area contributed by atoms with Crippen LogP contribution in [0.3, 0.4) is 0 Å². The normalized spacial score (nSPS) is 14.1. The topological polar surface area (TPSA) is 52.7 Å². The number of rotatable bonds is 4. The van der Waals surface area contributed by atoms with Crippen LogP contribution >= 0.6 is 23.2 Å². The van der Waals surface area contributed by atoms with E-state index in [9.17, 15) is 9.59 Å². The van der Waals surface area contributed by atoms with E-state index in [1.807, 2.05) is 6.92 Å². The summed E-state index contributed by atoms with van der Waals surface area (Å²) in [5.74, 6) is -0.253. The molecule has 3 rings (SSSR count). The van der Waals surface area contributed by atoms with Crippen molar-refractivity contribution in [1.82, 2.24) is 4.90 Å². The molecular formula is C18H17Cl2N3O2. The lowest BCUT2D eigenvalue weighted by molar-refractivity contribution is -0.116. The summed E-state index contributed by atoms with van der Waals surface area (Å²) in [5.41, 5.74) is 2.22. The standard InChI is InChI=1S/C18H17Cl2N3O2/c1-12-15(20)3-2-4-16(12)21-17(24)11-22-9-10-23(18(22)25)14-7-5-13(19)6-8-14/h2-8H,9-11H2,1H3,(H,21,24). The van der Waals surface area contributed by atoms with Gasteiger partial charge in [0.05, 0.1) is 0 Å². The van der Waals surface area contributed by atoms with Crippen LogP contribution in [0.25, 0.3) is 0 Å². The lowest BCUT2D eigenvalue weighted by Gasteiger charge is -2.19. The van der Waals surface area contributed by atoms with Crippen LogP contribution in [0.4, 0.5) is 16.2 Å². The highest BCUT2D eigenvalue weighted by molar-refractivity contribution is 6.31. The predicted molar refractivity (Wildman–Crippen MR) is 101 cm³/mol. The van der Waals surface area contributed by atoms with Gasteiger partial charge in [0.25, 0.3) is 0 Å². The van der Waals surface area contributed by atoms with Crippen LogP contribution in [0, 0.1) is 6.92 Å². The van der Waals surface area contributed by atoms with E-state index in [2.05, 4.69) is 5.32 Å². The van der Waals surface area contributed by atoms with Gasteiger partial charge in [-0.2, -0.15) is 0 Å². The van der Waals surface area contributed by atoms with Gasteiger partial charge < -0.3 is 10.2 Å². The first-order chi connectivity index (χ1) is 12.0. The van der Waals surface area contributed by atoms with Crippen LogP contribution < -0.4 is 10.2 Å². The Morgan fingerprint density at radius 1 is 1.12 bits per heavy atom. The van der Waals surface area contributed by atoms with Gasteiger partial charge in [0.2, 0.25) is 5.91 Å². The molecule has 0 bridgehead atoms. The maximum atomic E-state index is 12.5. The molecule has 1 heterocycles. The molecule has 0 atom stereocenters. The Labute approximate surface area is 156 Å². The van der Waals surface area contributed by atoms with Crippen molar-refractivity contribution in [1.29, 1.82) is 0 Å². The zero-order valence-corrected chi connectivity index (χ0v) is 15.1. The molecule has 3 amide bonds. The molecule has 130 valence electrons. The van der Waals surface area contributed by atoms with Crippen molar-refractivity contribution in [3.05, 3.63) is 58.1 Å². The van der Waals surface area contributed by atoms with Gasteiger partial charge in [-0.15, -0.1) is 0 Å². The van der Waals surface area contributed by atoms with Crippen molar-refractivity contribution in [2.45, 2.75) is 6.92 Å². The molecule has 2 aromatic carbocycles. The average Bonchev–Trinajstić information content (AvgIpc) is 2.93.